The fraction of sp³-hybridized carbons (Fsp3) is 0.467. The predicted molar refractivity (Wildman–Crippen MR) is 81.2 cm³/mol. The number of benzene rings is 1. The van der Waals surface area contributed by atoms with Crippen molar-refractivity contribution in [1.82, 2.24) is 10.2 Å². The Labute approximate surface area is 123 Å². The summed E-state index contributed by atoms with van der Waals surface area (Å²) in [7, 11) is 0. The molecular formula is C15H19N3OS. The Bertz CT molecular complexity index is 539. The maximum absolute atomic E-state index is 5.81. The van der Waals surface area contributed by atoms with Crippen molar-refractivity contribution in [3.63, 3.8) is 0 Å². The molecule has 1 unspecified atom stereocenters. The van der Waals surface area contributed by atoms with Crippen LogP contribution in [0.5, 0.6) is 0 Å². The number of nitrogens with zero attached hydrogens (tertiary/aromatic N) is 2. The minimum atomic E-state index is 0.0504. The first-order chi connectivity index (χ1) is 9.86. The molecule has 0 spiro atoms. The molecule has 1 atom stereocenters. The molecule has 4 nitrogen and oxygen atoms in total. The van der Waals surface area contributed by atoms with E-state index in [1.807, 2.05) is 25.1 Å². The smallest absolute Gasteiger partial charge is 0.205 e. The summed E-state index contributed by atoms with van der Waals surface area (Å²) in [4.78, 5) is 0. The van der Waals surface area contributed by atoms with E-state index in [2.05, 4.69) is 27.6 Å². The Morgan fingerprint density at radius 3 is 2.80 bits per heavy atom. The summed E-state index contributed by atoms with van der Waals surface area (Å²) < 4.78 is 5.81. The van der Waals surface area contributed by atoms with Gasteiger partial charge < -0.3 is 10.1 Å². The lowest BCUT2D eigenvalue weighted by molar-refractivity contribution is 0.0719. The minimum Gasteiger partial charge on any atom is -0.372 e. The molecule has 0 saturated heterocycles. The van der Waals surface area contributed by atoms with Crippen LogP contribution in [0.25, 0.3) is 0 Å². The summed E-state index contributed by atoms with van der Waals surface area (Å²) >= 11 is 1.67. The van der Waals surface area contributed by atoms with Crippen LogP contribution >= 0.6 is 11.3 Å². The molecule has 5 heteroatoms. The maximum atomic E-state index is 5.81. The Morgan fingerprint density at radius 2 is 2.10 bits per heavy atom. The van der Waals surface area contributed by atoms with Crippen molar-refractivity contribution in [2.75, 3.05) is 18.5 Å². The van der Waals surface area contributed by atoms with E-state index in [-0.39, 0.29) is 6.10 Å². The summed E-state index contributed by atoms with van der Waals surface area (Å²) in [5.41, 5.74) is 1.19. The van der Waals surface area contributed by atoms with Crippen molar-refractivity contribution < 1.29 is 4.74 Å². The lowest BCUT2D eigenvalue weighted by Crippen LogP contribution is -2.15. The van der Waals surface area contributed by atoms with Crippen molar-refractivity contribution in [3.05, 3.63) is 40.9 Å². The zero-order valence-electron chi connectivity index (χ0n) is 11.6. The zero-order chi connectivity index (χ0) is 13.8. The molecule has 1 fully saturated rings. The number of anilines is 1. The highest BCUT2D eigenvalue weighted by Crippen LogP contribution is 2.42. The van der Waals surface area contributed by atoms with Gasteiger partial charge in [-0.1, -0.05) is 41.7 Å². The summed E-state index contributed by atoms with van der Waals surface area (Å²) in [5, 5.41) is 13.9. The van der Waals surface area contributed by atoms with Gasteiger partial charge in [0.15, 0.2) is 0 Å². The van der Waals surface area contributed by atoms with Gasteiger partial charge in [-0.25, -0.2) is 0 Å². The molecule has 0 bridgehead atoms. The van der Waals surface area contributed by atoms with Gasteiger partial charge in [-0.3, -0.25) is 0 Å². The normalized spacial score (nSPS) is 16.1. The van der Waals surface area contributed by atoms with Crippen LogP contribution in [0.1, 0.15) is 42.4 Å². The average Bonchev–Trinajstić information content (AvgIpc) is 3.24. The first-order valence-electron chi connectivity index (χ1n) is 7.10. The highest BCUT2D eigenvalue weighted by Gasteiger charge is 2.27. The van der Waals surface area contributed by atoms with Gasteiger partial charge >= 0.3 is 0 Å². The number of hydrogen-bond donors (Lipinski definition) is 1. The average molecular weight is 289 g/mol. The van der Waals surface area contributed by atoms with E-state index in [0.717, 1.165) is 11.7 Å². The number of rotatable bonds is 7. The van der Waals surface area contributed by atoms with E-state index in [9.17, 15) is 0 Å². The minimum absolute atomic E-state index is 0.0504. The second-order valence-electron chi connectivity index (χ2n) is 4.96. The van der Waals surface area contributed by atoms with Crippen molar-refractivity contribution >= 4 is 16.5 Å². The van der Waals surface area contributed by atoms with Crippen molar-refractivity contribution in [2.45, 2.75) is 31.8 Å². The molecule has 1 heterocycles. The Hall–Kier alpha value is -1.46. The lowest BCUT2D eigenvalue weighted by atomic mass is 10.1. The molecule has 1 N–H and O–H groups in total. The second-order valence-corrected chi connectivity index (χ2v) is 5.96. The molecule has 3 rings (SSSR count). The Morgan fingerprint density at radius 1 is 1.30 bits per heavy atom. The van der Waals surface area contributed by atoms with Crippen LogP contribution in [0.4, 0.5) is 5.13 Å². The van der Waals surface area contributed by atoms with E-state index >= 15 is 0 Å². The lowest BCUT2D eigenvalue weighted by Gasteiger charge is -2.17. The second kappa shape index (κ2) is 6.33. The SMILES string of the molecule is CCOC(CNc1nnc(C2CC2)s1)c1ccccc1. The molecule has 1 aliphatic carbocycles. The number of aromatic nitrogens is 2. The number of nitrogens with one attached hydrogen (secondary N) is 1. The van der Waals surface area contributed by atoms with Crippen LogP contribution in [0, 0.1) is 0 Å². The third-order valence-electron chi connectivity index (χ3n) is 3.35. The third-order valence-corrected chi connectivity index (χ3v) is 4.39. The van der Waals surface area contributed by atoms with Crippen molar-refractivity contribution in [2.24, 2.45) is 0 Å². The van der Waals surface area contributed by atoms with Crippen LogP contribution in [-0.4, -0.2) is 23.3 Å². The van der Waals surface area contributed by atoms with Gasteiger partial charge in [-0.15, -0.1) is 10.2 Å². The van der Waals surface area contributed by atoms with Gasteiger partial charge in [0.25, 0.3) is 0 Å². The first-order valence-corrected chi connectivity index (χ1v) is 7.92. The Kier molecular flexibility index (Phi) is 4.28. The van der Waals surface area contributed by atoms with Crippen LogP contribution in [0.3, 0.4) is 0 Å². The highest BCUT2D eigenvalue weighted by molar-refractivity contribution is 7.15. The molecule has 1 aromatic carbocycles. The molecule has 0 radical (unpaired) electrons. The topological polar surface area (TPSA) is 47.0 Å². The molecule has 0 aliphatic heterocycles. The molecule has 20 heavy (non-hydrogen) atoms. The monoisotopic (exact) mass is 289 g/mol. The maximum Gasteiger partial charge on any atom is 0.205 e. The van der Waals surface area contributed by atoms with Gasteiger partial charge in [0.2, 0.25) is 5.13 Å². The predicted octanol–water partition coefficient (Wildman–Crippen LogP) is 3.61. The van der Waals surface area contributed by atoms with Gasteiger partial charge in [0, 0.05) is 19.1 Å². The van der Waals surface area contributed by atoms with E-state index in [4.69, 9.17) is 4.74 Å². The fourth-order valence-corrected chi connectivity index (χ4v) is 3.04. The molecule has 1 saturated carbocycles. The molecule has 2 aromatic rings. The summed E-state index contributed by atoms with van der Waals surface area (Å²) in [5.74, 6) is 0.667. The summed E-state index contributed by atoms with van der Waals surface area (Å²) in [6.45, 7) is 3.44. The quantitative estimate of drug-likeness (QED) is 0.846. The molecule has 1 aliphatic rings. The van der Waals surface area contributed by atoms with Crippen molar-refractivity contribution in [3.8, 4) is 0 Å². The van der Waals surface area contributed by atoms with Gasteiger partial charge in [0.05, 0.1) is 6.10 Å². The van der Waals surface area contributed by atoms with Gasteiger partial charge in [-0.05, 0) is 25.3 Å². The number of ether oxygens (including phenoxy) is 1. The van der Waals surface area contributed by atoms with E-state index < -0.39 is 0 Å². The van der Waals surface area contributed by atoms with Crippen LogP contribution in [-0.2, 0) is 4.74 Å². The molecule has 1 aromatic heterocycles. The molecule has 106 valence electrons. The molecular weight excluding hydrogens is 270 g/mol. The van der Waals surface area contributed by atoms with E-state index in [0.29, 0.717) is 12.5 Å². The molecule has 0 amide bonds. The Balaban J connectivity index is 1.61. The highest BCUT2D eigenvalue weighted by atomic mass is 32.1. The zero-order valence-corrected chi connectivity index (χ0v) is 12.4. The van der Waals surface area contributed by atoms with E-state index in [1.54, 1.807) is 11.3 Å². The standard InChI is InChI=1S/C15H19N3OS/c1-2-19-13(11-6-4-3-5-7-11)10-16-15-18-17-14(20-15)12-8-9-12/h3-7,12-13H,2,8-10H2,1H3,(H,16,18). The van der Waals surface area contributed by atoms with Crippen LogP contribution in [0.2, 0.25) is 0 Å². The number of hydrogen-bond acceptors (Lipinski definition) is 5. The largest absolute Gasteiger partial charge is 0.372 e. The van der Waals surface area contributed by atoms with E-state index in [1.165, 1.54) is 23.4 Å². The fourth-order valence-electron chi connectivity index (χ4n) is 2.12. The van der Waals surface area contributed by atoms with Gasteiger partial charge in [0.1, 0.15) is 5.01 Å². The summed E-state index contributed by atoms with van der Waals surface area (Å²) in [6.07, 6.45) is 2.58. The van der Waals surface area contributed by atoms with Gasteiger partial charge in [-0.2, -0.15) is 0 Å². The first kappa shape index (κ1) is 13.5. The third kappa shape index (κ3) is 3.35. The van der Waals surface area contributed by atoms with Crippen LogP contribution < -0.4 is 5.32 Å². The van der Waals surface area contributed by atoms with Crippen molar-refractivity contribution in [1.29, 1.82) is 0 Å². The van der Waals surface area contributed by atoms with Crippen LogP contribution in [0.15, 0.2) is 30.3 Å². The summed E-state index contributed by atoms with van der Waals surface area (Å²) in [6, 6.07) is 10.3.